The van der Waals surface area contributed by atoms with E-state index >= 15 is 0 Å². The van der Waals surface area contributed by atoms with Crippen LogP contribution in [0.4, 0.5) is 5.69 Å². The first kappa shape index (κ1) is 22.1. The van der Waals surface area contributed by atoms with Crippen molar-refractivity contribution in [2.45, 2.75) is 46.6 Å². The summed E-state index contributed by atoms with van der Waals surface area (Å²) in [7, 11) is 0. The highest BCUT2D eigenvalue weighted by Gasteiger charge is 2.20. The van der Waals surface area contributed by atoms with Gasteiger partial charge in [-0.1, -0.05) is 49.7 Å². The van der Waals surface area contributed by atoms with Crippen LogP contribution in [0.25, 0.3) is 0 Å². The summed E-state index contributed by atoms with van der Waals surface area (Å²) in [5.41, 5.74) is 4.18. The number of nitrogens with one attached hydrogen (secondary N) is 2. The number of carbonyl (C=O) groups excluding carboxylic acids is 3. The number of aryl methyl sites for hydroxylation is 2. The Labute approximate surface area is 171 Å². The van der Waals surface area contributed by atoms with E-state index in [1.165, 1.54) is 6.92 Å². The molecule has 6 heteroatoms. The van der Waals surface area contributed by atoms with E-state index in [0.29, 0.717) is 5.56 Å². The van der Waals surface area contributed by atoms with Gasteiger partial charge in [0.15, 0.2) is 6.10 Å². The molecule has 2 N–H and O–H groups in total. The maximum atomic E-state index is 12.5. The number of hydrogen-bond donors (Lipinski definition) is 2. The van der Waals surface area contributed by atoms with Gasteiger partial charge in [-0.2, -0.15) is 0 Å². The van der Waals surface area contributed by atoms with Crippen LogP contribution >= 0.6 is 0 Å². The van der Waals surface area contributed by atoms with E-state index in [1.807, 2.05) is 58.0 Å². The van der Waals surface area contributed by atoms with E-state index in [2.05, 4.69) is 10.6 Å². The molecule has 0 aliphatic heterocycles. The average Bonchev–Trinajstić information content (AvgIpc) is 2.67. The Kier molecular flexibility index (Phi) is 7.53. The van der Waals surface area contributed by atoms with Gasteiger partial charge in [0.05, 0.1) is 0 Å². The molecule has 6 nitrogen and oxygen atoms in total. The van der Waals surface area contributed by atoms with Crippen LogP contribution < -0.4 is 10.6 Å². The van der Waals surface area contributed by atoms with Gasteiger partial charge in [-0.3, -0.25) is 14.4 Å². The molecule has 154 valence electrons. The van der Waals surface area contributed by atoms with Crippen molar-refractivity contribution in [3.8, 4) is 0 Å². The van der Waals surface area contributed by atoms with Crippen molar-refractivity contribution in [1.82, 2.24) is 5.32 Å². The molecule has 0 saturated heterocycles. The molecular weight excluding hydrogens is 368 g/mol. The predicted octanol–water partition coefficient (Wildman–Crippen LogP) is 3.73. The Morgan fingerprint density at radius 1 is 0.966 bits per heavy atom. The van der Waals surface area contributed by atoms with Crippen molar-refractivity contribution in [2.24, 2.45) is 0 Å². The fourth-order valence-electron chi connectivity index (χ4n) is 2.82. The first-order valence-corrected chi connectivity index (χ1v) is 9.63. The fraction of sp³-hybridized carbons (Fsp3) is 0.348. The number of esters is 1. The van der Waals surface area contributed by atoms with Gasteiger partial charge < -0.3 is 15.4 Å². The molecule has 0 spiro atoms. The first-order valence-electron chi connectivity index (χ1n) is 9.63. The molecule has 1 atom stereocenters. The molecule has 0 bridgehead atoms. The van der Waals surface area contributed by atoms with Gasteiger partial charge in [-0.05, 0) is 49.9 Å². The molecule has 1 unspecified atom stereocenters. The zero-order chi connectivity index (χ0) is 21.6. The molecule has 0 aliphatic rings. The SMILES string of the molecule is Cc1ccc(C(=O)NCC(=O)OC(C)C(=O)Nc2c(C)cccc2C(C)C)cc1. The van der Waals surface area contributed by atoms with Gasteiger partial charge in [0.1, 0.15) is 6.54 Å². The number of ether oxygens (including phenoxy) is 1. The van der Waals surface area contributed by atoms with Crippen molar-refractivity contribution in [2.75, 3.05) is 11.9 Å². The van der Waals surface area contributed by atoms with Gasteiger partial charge in [-0.15, -0.1) is 0 Å². The third-order valence-corrected chi connectivity index (χ3v) is 4.56. The van der Waals surface area contributed by atoms with Crippen molar-refractivity contribution < 1.29 is 19.1 Å². The Bertz CT molecular complexity index is 888. The first-order chi connectivity index (χ1) is 13.7. The summed E-state index contributed by atoms with van der Waals surface area (Å²) in [6, 6.07) is 12.8. The number of para-hydroxylation sites is 1. The van der Waals surface area contributed by atoms with E-state index in [-0.39, 0.29) is 18.4 Å². The summed E-state index contributed by atoms with van der Waals surface area (Å²) >= 11 is 0. The van der Waals surface area contributed by atoms with Gasteiger partial charge in [-0.25, -0.2) is 0 Å². The maximum Gasteiger partial charge on any atom is 0.326 e. The molecular formula is C23H28N2O4. The molecule has 0 radical (unpaired) electrons. The molecule has 29 heavy (non-hydrogen) atoms. The van der Waals surface area contributed by atoms with Crippen molar-refractivity contribution in [1.29, 1.82) is 0 Å². The lowest BCUT2D eigenvalue weighted by atomic mass is 9.98. The minimum Gasteiger partial charge on any atom is -0.451 e. The molecule has 0 aromatic heterocycles. The van der Waals surface area contributed by atoms with E-state index < -0.39 is 18.0 Å². The number of amides is 2. The highest BCUT2D eigenvalue weighted by Crippen LogP contribution is 2.27. The lowest BCUT2D eigenvalue weighted by Gasteiger charge is -2.19. The highest BCUT2D eigenvalue weighted by molar-refractivity contribution is 5.98. The topological polar surface area (TPSA) is 84.5 Å². The lowest BCUT2D eigenvalue weighted by Crippen LogP contribution is -2.36. The van der Waals surface area contributed by atoms with Crippen LogP contribution in [0, 0.1) is 13.8 Å². The van der Waals surface area contributed by atoms with Crippen LogP contribution in [-0.2, 0) is 14.3 Å². The van der Waals surface area contributed by atoms with Crippen LogP contribution in [0.3, 0.4) is 0 Å². The number of carbonyl (C=O) groups is 3. The number of benzene rings is 2. The van der Waals surface area contributed by atoms with E-state index in [9.17, 15) is 14.4 Å². The van der Waals surface area contributed by atoms with Crippen LogP contribution in [-0.4, -0.2) is 30.4 Å². The van der Waals surface area contributed by atoms with Crippen LogP contribution in [0.15, 0.2) is 42.5 Å². The van der Waals surface area contributed by atoms with Gasteiger partial charge in [0, 0.05) is 11.3 Å². The Morgan fingerprint density at radius 2 is 1.62 bits per heavy atom. The number of hydrogen-bond acceptors (Lipinski definition) is 4. The number of rotatable bonds is 7. The Morgan fingerprint density at radius 3 is 2.24 bits per heavy atom. The molecule has 0 fully saturated rings. The van der Waals surface area contributed by atoms with Crippen molar-refractivity contribution >= 4 is 23.5 Å². The maximum absolute atomic E-state index is 12.5. The minimum absolute atomic E-state index is 0.236. The highest BCUT2D eigenvalue weighted by atomic mass is 16.5. The molecule has 2 aromatic rings. The van der Waals surface area contributed by atoms with E-state index in [4.69, 9.17) is 4.74 Å². The molecule has 2 aromatic carbocycles. The quantitative estimate of drug-likeness (QED) is 0.699. The fourth-order valence-corrected chi connectivity index (χ4v) is 2.82. The van der Waals surface area contributed by atoms with Crippen LogP contribution in [0.2, 0.25) is 0 Å². The summed E-state index contributed by atoms with van der Waals surface area (Å²) in [4.78, 5) is 36.6. The second-order valence-electron chi connectivity index (χ2n) is 7.36. The average molecular weight is 396 g/mol. The predicted molar refractivity (Wildman–Crippen MR) is 113 cm³/mol. The second kappa shape index (κ2) is 9.87. The van der Waals surface area contributed by atoms with E-state index in [1.54, 1.807) is 12.1 Å². The van der Waals surface area contributed by atoms with Crippen molar-refractivity contribution in [3.63, 3.8) is 0 Å². The summed E-state index contributed by atoms with van der Waals surface area (Å²) in [6.07, 6.45) is -0.988. The Hall–Kier alpha value is -3.15. The monoisotopic (exact) mass is 396 g/mol. The minimum atomic E-state index is -0.988. The normalized spacial score (nSPS) is 11.7. The largest absolute Gasteiger partial charge is 0.451 e. The molecule has 0 heterocycles. The van der Waals surface area contributed by atoms with Gasteiger partial charge >= 0.3 is 5.97 Å². The van der Waals surface area contributed by atoms with Gasteiger partial charge in [0.25, 0.3) is 11.8 Å². The molecule has 0 aliphatic carbocycles. The van der Waals surface area contributed by atoms with Crippen LogP contribution in [0.1, 0.15) is 53.7 Å². The van der Waals surface area contributed by atoms with Crippen molar-refractivity contribution in [3.05, 3.63) is 64.7 Å². The summed E-state index contributed by atoms with van der Waals surface area (Å²) in [6.45, 7) is 9.12. The third-order valence-electron chi connectivity index (χ3n) is 4.56. The summed E-state index contributed by atoms with van der Waals surface area (Å²) < 4.78 is 5.16. The Balaban J connectivity index is 1.90. The second-order valence-corrected chi connectivity index (χ2v) is 7.36. The third kappa shape index (κ3) is 6.17. The lowest BCUT2D eigenvalue weighted by molar-refractivity contribution is -0.152. The zero-order valence-electron chi connectivity index (χ0n) is 17.5. The summed E-state index contributed by atoms with van der Waals surface area (Å²) in [5.74, 6) is -1.23. The molecule has 2 amide bonds. The van der Waals surface area contributed by atoms with Crippen LogP contribution in [0.5, 0.6) is 0 Å². The zero-order valence-corrected chi connectivity index (χ0v) is 17.5. The number of anilines is 1. The summed E-state index contributed by atoms with van der Waals surface area (Å²) in [5, 5.41) is 5.36. The smallest absolute Gasteiger partial charge is 0.326 e. The van der Waals surface area contributed by atoms with E-state index in [0.717, 1.165) is 22.4 Å². The van der Waals surface area contributed by atoms with Gasteiger partial charge in [0.2, 0.25) is 0 Å². The molecule has 0 saturated carbocycles. The standard InChI is InChI=1S/C23H28N2O4/c1-14(2)19-8-6-7-16(4)21(19)25-22(27)17(5)29-20(26)13-24-23(28)18-11-9-15(3)10-12-18/h6-12,14,17H,13H2,1-5H3,(H,24,28)(H,25,27). The molecule has 2 rings (SSSR count).